The Morgan fingerprint density at radius 1 is 1.18 bits per heavy atom. The molecular weight excluding hydrogens is 212 g/mol. The van der Waals surface area contributed by atoms with E-state index in [1.807, 2.05) is 32.0 Å². The van der Waals surface area contributed by atoms with E-state index in [9.17, 15) is 5.11 Å². The molecule has 17 heavy (non-hydrogen) atoms. The number of rotatable bonds is 2. The zero-order valence-corrected chi connectivity index (χ0v) is 10.3. The molecular formula is C14H16N2O. The van der Waals surface area contributed by atoms with Gasteiger partial charge < -0.3 is 5.11 Å². The van der Waals surface area contributed by atoms with Crippen molar-refractivity contribution in [1.29, 1.82) is 0 Å². The van der Waals surface area contributed by atoms with Crippen LogP contribution in [0, 0.1) is 13.8 Å². The molecule has 1 unspecified atom stereocenters. The Balaban J connectivity index is 2.55. The van der Waals surface area contributed by atoms with Gasteiger partial charge in [-0.25, -0.2) is 0 Å². The molecule has 0 saturated heterocycles. The summed E-state index contributed by atoms with van der Waals surface area (Å²) in [4.78, 5) is 8.19. The van der Waals surface area contributed by atoms with E-state index in [1.54, 1.807) is 25.5 Å². The molecule has 0 bridgehead atoms. The van der Waals surface area contributed by atoms with Gasteiger partial charge >= 0.3 is 0 Å². The molecule has 1 N–H and O–H groups in total. The van der Waals surface area contributed by atoms with Crippen LogP contribution in [0.25, 0.3) is 0 Å². The van der Waals surface area contributed by atoms with E-state index in [2.05, 4.69) is 9.97 Å². The number of benzene rings is 1. The van der Waals surface area contributed by atoms with Crippen molar-refractivity contribution in [2.45, 2.75) is 26.4 Å². The van der Waals surface area contributed by atoms with Crippen molar-refractivity contribution < 1.29 is 5.11 Å². The maximum absolute atomic E-state index is 10.7. The zero-order chi connectivity index (χ0) is 12.5. The highest BCUT2D eigenvalue weighted by Crippen LogP contribution is 2.30. The SMILES string of the molecule is Cc1ccc(C)c(C(C)(O)c2cnccn2)c1. The first kappa shape index (κ1) is 11.7. The highest BCUT2D eigenvalue weighted by Gasteiger charge is 2.28. The normalized spacial score (nSPS) is 14.4. The number of aryl methyl sites for hydroxylation is 2. The van der Waals surface area contributed by atoms with Gasteiger partial charge in [-0.1, -0.05) is 23.8 Å². The Bertz CT molecular complexity index is 521. The van der Waals surface area contributed by atoms with Crippen LogP contribution in [0.2, 0.25) is 0 Å². The fourth-order valence-electron chi connectivity index (χ4n) is 1.95. The first-order valence-electron chi connectivity index (χ1n) is 5.58. The summed E-state index contributed by atoms with van der Waals surface area (Å²) in [6.45, 7) is 5.74. The van der Waals surface area contributed by atoms with Gasteiger partial charge in [-0.3, -0.25) is 9.97 Å². The zero-order valence-electron chi connectivity index (χ0n) is 10.3. The van der Waals surface area contributed by atoms with Crippen LogP contribution >= 0.6 is 0 Å². The van der Waals surface area contributed by atoms with Crippen molar-refractivity contribution in [3.63, 3.8) is 0 Å². The molecule has 2 aromatic rings. The monoisotopic (exact) mass is 228 g/mol. The molecule has 0 spiro atoms. The maximum Gasteiger partial charge on any atom is 0.130 e. The minimum absolute atomic E-state index is 0.564. The quantitative estimate of drug-likeness (QED) is 0.858. The van der Waals surface area contributed by atoms with Gasteiger partial charge in [0.2, 0.25) is 0 Å². The molecule has 1 aromatic carbocycles. The third-order valence-electron chi connectivity index (χ3n) is 2.98. The van der Waals surface area contributed by atoms with Crippen LogP contribution < -0.4 is 0 Å². The maximum atomic E-state index is 10.7. The van der Waals surface area contributed by atoms with Gasteiger partial charge in [0.05, 0.1) is 11.9 Å². The molecule has 1 heterocycles. The summed E-state index contributed by atoms with van der Waals surface area (Å²) in [6.07, 6.45) is 4.79. The minimum Gasteiger partial charge on any atom is -0.379 e. The summed E-state index contributed by atoms with van der Waals surface area (Å²) in [7, 11) is 0. The first-order chi connectivity index (χ1) is 8.01. The van der Waals surface area contributed by atoms with Crippen LogP contribution in [0.3, 0.4) is 0 Å². The molecule has 0 radical (unpaired) electrons. The van der Waals surface area contributed by atoms with Crippen LogP contribution in [-0.4, -0.2) is 15.1 Å². The molecule has 2 rings (SSSR count). The van der Waals surface area contributed by atoms with Crippen LogP contribution in [0.5, 0.6) is 0 Å². The standard InChI is InChI=1S/C14H16N2O/c1-10-4-5-11(2)12(8-10)14(3,17)13-9-15-6-7-16-13/h4-9,17H,1-3H3. The van der Waals surface area contributed by atoms with Gasteiger partial charge in [-0.15, -0.1) is 0 Å². The lowest BCUT2D eigenvalue weighted by molar-refractivity contribution is 0.0962. The Morgan fingerprint density at radius 2 is 1.94 bits per heavy atom. The average Bonchev–Trinajstić information content (AvgIpc) is 2.33. The third-order valence-corrected chi connectivity index (χ3v) is 2.98. The van der Waals surface area contributed by atoms with E-state index in [0.29, 0.717) is 5.69 Å². The van der Waals surface area contributed by atoms with E-state index in [-0.39, 0.29) is 0 Å². The molecule has 0 aliphatic rings. The molecule has 0 amide bonds. The van der Waals surface area contributed by atoms with Gasteiger partial charge in [0, 0.05) is 12.4 Å². The van der Waals surface area contributed by atoms with Crippen LogP contribution in [0.4, 0.5) is 0 Å². The number of hydrogen-bond acceptors (Lipinski definition) is 3. The number of aliphatic hydroxyl groups is 1. The molecule has 88 valence electrons. The lowest BCUT2D eigenvalue weighted by Crippen LogP contribution is -2.25. The van der Waals surface area contributed by atoms with Crippen molar-refractivity contribution in [3.05, 3.63) is 59.2 Å². The summed E-state index contributed by atoms with van der Waals surface area (Å²) < 4.78 is 0. The van der Waals surface area contributed by atoms with E-state index in [1.165, 1.54) is 0 Å². The average molecular weight is 228 g/mol. The summed E-state index contributed by atoms with van der Waals surface area (Å²) in [5.74, 6) is 0. The summed E-state index contributed by atoms with van der Waals surface area (Å²) in [5.41, 5.74) is 2.50. The van der Waals surface area contributed by atoms with Crippen molar-refractivity contribution in [2.75, 3.05) is 0 Å². The fraction of sp³-hybridized carbons (Fsp3) is 0.286. The Labute approximate surface area is 101 Å². The van der Waals surface area contributed by atoms with Gasteiger partial charge in [0.25, 0.3) is 0 Å². The lowest BCUT2D eigenvalue weighted by atomic mass is 9.88. The smallest absolute Gasteiger partial charge is 0.130 e. The summed E-state index contributed by atoms with van der Waals surface area (Å²) >= 11 is 0. The van der Waals surface area contributed by atoms with Crippen molar-refractivity contribution >= 4 is 0 Å². The van der Waals surface area contributed by atoms with Gasteiger partial charge in [-0.05, 0) is 31.9 Å². The second kappa shape index (κ2) is 4.26. The molecule has 3 heteroatoms. The molecule has 0 fully saturated rings. The molecule has 0 aliphatic heterocycles. The van der Waals surface area contributed by atoms with Crippen molar-refractivity contribution in [2.24, 2.45) is 0 Å². The van der Waals surface area contributed by atoms with Crippen molar-refractivity contribution in [1.82, 2.24) is 9.97 Å². The van der Waals surface area contributed by atoms with Crippen LogP contribution in [0.15, 0.2) is 36.8 Å². The lowest BCUT2D eigenvalue weighted by Gasteiger charge is -2.25. The van der Waals surface area contributed by atoms with Crippen molar-refractivity contribution in [3.8, 4) is 0 Å². The summed E-state index contributed by atoms with van der Waals surface area (Å²) in [6, 6.07) is 6.03. The second-order valence-corrected chi connectivity index (χ2v) is 4.48. The molecule has 0 aliphatic carbocycles. The third kappa shape index (κ3) is 2.19. The largest absolute Gasteiger partial charge is 0.379 e. The fourth-order valence-corrected chi connectivity index (χ4v) is 1.95. The molecule has 0 saturated carbocycles. The molecule has 3 nitrogen and oxygen atoms in total. The highest BCUT2D eigenvalue weighted by molar-refractivity contribution is 5.39. The Kier molecular flexibility index (Phi) is 2.94. The number of hydrogen-bond donors (Lipinski definition) is 1. The van der Waals surface area contributed by atoms with Gasteiger partial charge in [-0.2, -0.15) is 0 Å². The number of nitrogens with zero attached hydrogens (tertiary/aromatic N) is 2. The predicted molar refractivity (Wildman–Crippen MR) is 66.6 cm³/mol. The van der Waals surface area contributed by atoms with E-state index in [0.717, 1.165) is 16.7 Å². The molecule has 1 atom stereocenters. The highest BCUT2D eigenvalue weighted by atomic mass is 16.3. The summed E-state index contributed by atoms with van der Waals surface area (Å²) in [5, 5.41) is 10.7. The van der Waals surface area contributed by atoms with Gasteiger partial charge in [0.15, 0.2) is 0 Å². The van der Waals surface area contributed by atoms with E-state index < -0.39 is 5.60 Å². The molecule has 1 aromatic heterocycles. The van der Waals surface area contributed by atoms with Gasteiger partial charge in [0.1, 0.15) is 5.60 Å². The van der Waals surface area contributed by atoms with Crippen LogP contribution in [-0.2, 0) is 5.60 Å². The Morgan fingerprint density at radius 3 is 2.59 bits per heavy atom. The first-order valence-corrected chi connectivity index (χ1v) is 5.58. The minimum atomic E-state index is -1.11. The second-order valence-electron chi connectivity index (χ2n) is 4.48. The van der Waals surface area contributed by atoms with E-state index >= 15 is 0 Å². The topological polar surface area (TPSA) is 46.0 Å². The predicted octanol–water partition coefficient (Wildman–Crippen LogP) is 2.35. The van der Waals surface area contributed by atoms with E-state index in [4.69, 9.17) is 0 Å². The van der Waals surface area contributed by atoms with Crippen LogP contribution in [0.1, 0.15) is 29.3 Å². The number of aromatic nitrogens is 2. The Hall–Kier alpha value is -1.74.